The summed E-state index contributed by atoms with van der Waals surface area (Å²) in [4.78, 5) is 22.7. The van der Waals surface area contributed by atoms with Crippen molar-refractivity contribution in [1.82, 2.24) is 0 Å². The van der Waals surface area contributed by atoms with Crippen LogP contribution in [-0.2, 0) is 9.59 Å². The summed E-state index contributed by atoms with van der Waals surface area (Å²) in [6.45, 7) is 10.3. The van der Waals surface area contributed by atoms with Crippen molar-refractivity contribution in [3.05, 3.63) is 48.6 Å². The topological polar surface area (TPSA) is 52.6 Å². The van der Waals surface area contributed by atoms with Gasteiger partial charge in [0.2, 0.25) is 0 Å². The quantitative estimate of drug-likeness (QED) is 0.605. The number of ketones is 2. The van der Waals surface area contributed by atoms with Gasteiger partial charge in [-0.05, 0) is 49.3 Å². The van der Waals surface area contributed by atoms with Crippen molar-refractivity contribution >= 4 is 11.6 Å². The van der Waals surface area contributed by atoms with Crippen LogP contribution in [0.15, 0.2) is 48.6 Å². The van der Waals surface area contributed by atoms with Gasteiger partial charge >= 0.3 is 0 Å². The van der Waals surface area contributed by atoms with Gasteiger partial charge < -0.3 is 9.47 Å². The van der Waals surface area contributed by atoms with E-state index in [1.807, 2.05) is 0 Å². The third-order valence-electron chi connectivity index (χ3n) is 2.52. The highest BCUT2D eigenvalue weighted by Gasteiger charge is 2.05. The monoisotopic (exact) mass is 338 g/mol. The fraction of sp³-hybridized carbons (Fsp3) is 0.400. The minimum absolute atomic E-state index is 0. The average molecular weight is 338 g/mol. The summed E-state index contributed by atoms with van der Waals surface area (Å²) in [6, 6.07) is 6.69. The fourth-order valence-corrected chi connectivity index (χ4v) is 1.18. The number of rotatable bonds is 8. The number of Topliss-reactive ketones (excluding diaryl/α,β-unsaturated/α-hetero) is 2. The van der Waals surface area contributed by atoms with Gasteiger partial charge in [0.1, 0.15) is 11.5 Å². The van der Waals surface area contributed by atoms with Crippen molar-refractivity contribution in [2.24, 2.45) is 0 Å². The molecule has 0 aliphatic heterocycles. The molecule has 0 aliphatic carbocycles. The van der Waals surface area contributed by atoms with Crippen molar-refractivity contribution in [1.29, 1.82) is 0 Å². The third-order valence-corrected chi connectivity index (χ3v) is 2.52. The number of benzene rings is 1. The Morgan fingerprint density at radius 2 is 1.00 bits per heavy atom. The number of hydrogen-bond acceptors (Lipinski definition) is 4. The van der Waals surface area contributed by atoms with E-state index in [1.54, 1.807) is 38.1 Å². The highest BCUT2D eigenvalue weighted by Crippen LogP contribution is 2.17. The fourth-order valence-electron chi connectivity index (χ4n) is 1.18. The molecule has 1 aromatic rings. The number of carbonyl (C=O) groups excluding carboxylic acids is 2. The molecule has 1 aromatic carbocycles. The predicted octanol–water partition coefficient (Wildman–Crippen LogP) is 5.28. The Hall–Kier alpha value is -2.36. The van der Waals surface area contributed by atoms with Gasteiger partial charge in [-0.1, -0.05) is 42.9 Å². The summed E-state index contributed by atoms with van der Waals surface area (Å²) in [7, 11) is 0. The van der Waals surface area contributed by atoms with E-state index in [1.165, 1.54) is 0 Å². The number of carbonyl (C=O) groups is 2. The summed E-state index contributed by atoms with van der Waals surface area (Å²) >= 11 is 0. The van der Waals surface area contributed by atoms with Crippen molar-refractivity contribution in [3.63, 3.8) is 0 Å². The summed E-state index contributed by atoms with van der Waals surface area (Å²) < 4.78 is 10.6. The van der Waals surface area contributed by atoms with Crippen molar-refractivity contribution in [2.75, 3.05) is 13.2 Å². The van der Waals surface area contributed by atoms with Crippen LogP contribution in [0.3, 0.4) is 0 Å². The first kappa shape index (κ1) is 29.6. The lowest BCUT2D eigenvalue weighted by Gasteiger charge is -2.08. The average Bonchev–Trinajstić information content (AvgIpc) is 2.42. The van der Waals surface area contributed by atoms with Gasteiger partial charge in [0.05, 0.1) is 0 Å². The smallest absolute Gasteiger partial charge is 0.195 e. The molecule has 0 spiro atoms. The van der Waals surface area contributed by atoms with E-state index in [0.717, 1.165) is 0 Å². The van der Waals surface area contributed by atoms with E-state index in [4.69, 9.17) is 9.47 Å². The van der Waals surface area contributed by atoms with Gasteiger partial charge in [-0.15, -0.1) is 0 Å². The molecule has 24 heavy (non-hydrogen) atoms. The summed E-state index contributed by atoms with van der Waals surface area (Å²) in [5, 5.41) is 0. The van der Waals surface area contributed by atoms with E-state index in [-0.39, 0.29) is 54.5 Å². The molecule has 0 N–H and O–H groups in total. The molecule has 0 heterocycles. The summed E-state index contributed by atoms with van der Waals surface area (Å²) in [5.41, 5.74) is 0.923. The van der Waals surface area contributed by atoms with Crippen molar-refractivity contribution < 1.29 is 19.1 Å². The van der Waals surface area contributed by atoms with Crippen molar-refractivity contribution in [3.8, 4) is 11.5 Å². The Morgan fingerprint density at radius 1 is 0.750 bits per heavy atom. The zero-order valence-electron chi connectivity index (χ0n) is 11.8. The first-order valence-corrected chi connectivity index (χ1v) is 6.13. The van der Waals surface area contributed by atoms with Crippen molar-refractivity contribution in [2.45, 2.75) is 43.6 Å². The molecule has 1 rings (SSSR count). The molecule has 4 heteroatoms. The first-order chi connectivity index (χ1) is 9.40. The standard InChI is InChI=1S/C16H18O4.4CH4/c1-11(2)15(17)9-19-13-5-7-14(8-6-13)20-10-16(18)12(3)4;;;;/h5-8H,1,3,9-10H2,2,4H3;4*1H4. The van der Waals surface area contributed by atoms with Gasteiger partial charge in [-0.2, -0.15) is 0 Å². The zero-order valence-corrected chi connectivity index (χ0v) is 11.8. The van der Waals surface area contributed by atoms with Crippen LogP contribution in [0, 0.1) is 0 Å². The largest absolute Gasteiger partial charge is 0.485 e. The van der Waals surface area contributed by atoms with Crippen LogP contribution in [0.5, 0.6) is 11.5 Å². The van der Waals surface area contributed by atoms with Crippen LogP contribution in [-0.4, -0.2) is 24.8 Å². The molecule has 0 atom stereocenters. The SMILES string of the molecule is C.C.C.C.C=C(C)C(=O)COc1ccc(OCC(=O)C(=C)C)cc1. The number of hydrogen-bond donors (Lipinski definition) is 0. The minimum Gasteiger partial charge on any atom is -0.485 e. The van der Waals surface area contributed by atoms with Gasteiger partial charge in [0, 0.05) is 0 Å². The van der Waals surface area contributed by atoms with Crippen LogP contribution in [0.2, 0.25) is 0 Å². The molecular formula is C20H34O4. The predicted molar refractivity (Wildman–Crippen MR) is 104 cm³/mol. The Bertz CT molecular complexity index is 478. The minimum atomic E-state index is -0.141. The second-order valence-corrected chi connectivity index (χ2v) is 4.46. The van der Waals surface area contributed by atoms with Crippen LogP contribution < -0.4 is 9.47 Å². The highest BCUT2D eigenvalue weighted by atomic mass is 16.5. The van der Waals surface area contributed by atoms with Crippen LogP contribution in [0.25, 0.3) is 0 Å². The zero-order chi connectivity index (χ0) is 15.1. The highest BCUT2D eigenvalue weighted by molar-refractivity contribution is 5.95. The number of ether oxygens (including phenoxy) is 2. The Kier molecular flexibility index (Phi) is 17.6. The maximum atomic E-state index is 11.3. The van der Waals surface area contributed by atoms with E-state index < -0.39 is 0 Å². The van der Waals surface area contributed by atoms with Gasteiger partial charge in [0.25, 0.3) is 0 Å². The molecule has 138 valence electrons. The molecule has 0 bridgehead atoms. The van der Waals surface area contributed by atoms with E-state index in [9.17, 15) is 9.59 Å². The van der Waals surface area contributed by atoms with Crippen LogP contribution >= 0.6 is 0 Å². The van der Waals surface area contributed by atoms with Gasteiger partial charge in [0.15, 0.2) is 24.8 Å². The molecule has 0 fully saturated rings. The molecule has 0 saturated heterocycles. The molecular weight excluding hydrogens is 304 g/mol. The Balaban J connectivity index is -0.000000500. The molecule has 0 aromatic heterocycles. The molecule has 0 amide bonds. The third kappa shape index (κ3) is 10.4. The molecule has 0 radical (unpaired) electrons. The molecule has 0 saturated carbocycles. The molecule has 4 nitrogen and oxygen atoms in total. The van der Waals surface area contributed by atoms with Crippen LogP contribution in [0.1, 0.15) is 43.6 Å². The Morgan fingerprint density at radius 3 is 1.21 bits per heavy atom. The lowest BCUT2D eigenvalue weighted by molar-refractivity contribution is -0.118. The van der Waals surface area contributed by atoms with Gasteiger partial charge in [-0.25, -0.2) is 0 Å². The lowest BCUT2D eigenvalue weighted by Crippen LogP contribution is -2.12. The second-order valence-electron chi connectivity index (χ2n) is 4.46. The maximum Gasteiger partial charge on any atom is 0.195 e. The second kappa shape index (κ2) is 14.2. The first-order valence-electron chi connectivity index (χ1n) is 6.13. The van der Waals surface area contributed by atoms with E-state index in [2.05, 4.69) is 13.2 Å². The Labute approximate surface area is 148 Å². The summed E-state index contributed by atoms with van der Waals surface area (Å²) in [6.07, 6.45) is 0. The summed E-state index contributed by atoms with van der Waals surface area (Å²) in [5.74, 6) is 0.825. The van der Waals surface area contributed by atoms with Crippen LogP contribution in [0.4, 0.5) is 0 Å². The van der Waals surface area contributed by atoms with E-state index in [0.29, 0.717) is 22.6 Å². The van der Waals surface area contributed by atoms with E-state index >= 15 is 0 Å². The maximum absolute atomic E-state index is 11.3. The molecule has 0 aliphatic rings. The molecule has 0 unspecified atom stereocenters. The lowest BCUT2D eigenvalue weighted by atomic mass is 10.2. The normalized spacial score (nSPS) is 8.08. The van der Waals surface area contributed by atoms with Gasteiger partial charge in [-0.3, -0.25) is 9.59 Å².